The van der Waals surface area contributed by atoms with E-state index in [0.717, 1.165) is 71.5 Å². The summed E-state index contributed by atoms with van der Waals surface area (Å²) in [6, 6.07) is 41.6. The second-order valence-electron chi connectivity index (χ2n) is 16.5. The van der Waals surface area contributed by atoms with Crippen LogP contribution in [0.5, 0.6) is 0 Å². The monoisotopic (exact) mass is 1040 g/mol. The SMILES string of the molecule is Cc1cc(C)c(-n2c(-c3[c-]ccc4c3oc3cccc(-c5cc(F)cc(F)c5)c34)nc3ccccc32)c(C)c1.[2H]C([2H])(c1cc(-c2[c-]cccc2)nc[c]1[Ge]([CH3])([CH3])[CH3])C(C)C.[Ir]. The second-order valence-corrected chi connectivity index (χ2v) is 27.1. The third-order valence-electron chi connectivity index (χ3n) is 10.4. The third kappa shape index (κ3) is 8.54. The fourth-order valence-corrected chi connectivity index (χ4v) is 11.0. The van der Waals surface area contributed by atoms with Crippen LogP contribution in [0.4, 0.5) is 8.78 Å². The maximum atomic E-state index is 14.2. The molecule has 0 aliphatic rings. The first-order valence-corrected chi connectivity index (χ1v) is 27.2. The van der Waals surface area contributed by atoms with Crippen LogP contribution in [0.3, 0.4) is 0 Å². The van der Waals surface area contributed by atoms with Crippen molar-refractivity contribution in [2.24, 2.45) is 5.92 Å². The molecule has 0 saturated carbocycles. The van der Waals surface area contributed by atoms with E-state index in [4.69, 9.17) is 12.1 Å². The number of rotatable bonds is 7. The Morgan fingerprint density at radius 2 is 1.53 bits per heavy atom. The van der Waals surface area contributed by atoms with E-state index >= 15 is 0 Å². The van der Waals surface area contributed by atoms with Crippen LogP contribution in [0.1, 0.15) is 38.8 Å². The van der Waals surface area contributed by atoms with Crippen LogP contribution < -0.4 is 4.40 Å². The molecule has 9 aromatic rings. The van der Waals surface area contributed by atoms with Crippen LogP contribution in [-0.4, -0.2) is 27.8 Å². The van der Waals surface area contributed by atoms with Crippen molar-refractivity contribution >= 4 is 50.6 Å². The number of aromatic nitrogens is 3. The van der Waals surface area contributed by atoms with Gasteiger partial charge in [0.25, 0.3) is 0 Å². The topological polar surface area (TPSA) is 43.9 Å². The van der Waals surface area contributed by atoms with Crippen molar-refractivity contribution in [2.75, 3.05) is 0 Å². The second kappa shape index (κ2) is 17.4. The van der Waals surface area contributed by atoms with Gasteiger partial charge in [0.15, 0.2) is 0 Å². The van der Waals surface area contributed by atoms with Crippen LogP contribution in [-0.2, 0) is 26.5 Å². The van der Waals surface area contributed by atoms with Gasteiger partial charge in [-0.2, -0.15) is 0 Å². The minimum absolute atomic E-state index is 0. The van der Waals surface area contributed by atoms with Crippen molar-refractivity contribution in [1.29, 1.82) is 0 Å². The fraction of sp³-hybridized carbons (Fsp3) is 0.192. The van der Waals surface area contributed by atoms with Gasteiger partial charge in [-0.3, -0.25) is 4.98 Å². The minimum Gasteiger partial charge on any atom is 0 e. The molecule has 1 radical (unpaired) electrons. The molecule has 8 heteroatoms. The Kier molecular flexibility index (Phi) is 11.7. The normalized spacial score (nSPS) is 12.3. The molecule has 60 heavy (non-hydrogen) atoms. The predicted octanol–water partition coefficient (Wildman–Crippen LogP) is 13.6. The number of furan rings is 1. The Morgan fingerprint density at radius 1 is 0.817 bits per heavy atom. The van der Waals surface area contributed by atoms with Gasteiger partial charge in [-0.15, -0.1) is 18.2 Å². The number of benzene rings is 6. The fourth-order valence-electron chi connectivity index (χ4n) is 8.04. The van der Waals surface area contributed by atoms with E-state index in [1.807, 2.05) is 98.9 Å². The van der Waals surface area contributed by atoms with Gasteiger partial charge >= 0.3 is 128 Å². The number of fused-ring (bicyclic) bond motifs is 4. The van der Waals surface area contributed by atoms with Crippen LogP contribution in [0.25, 0.3) is 72.4 Å². The molecule has 6 aromatic carbocycles. The maximum absolute atomic E-state index is 14.2. The molecule has 0 atom stereocenters. The third-order valence-corrected chi connectivity index (χ3v) is 14.6. The summed E-state index contributed by atoms with van der Waals surface area (Å²) in [5, 5.41) is 1.62. The van der Waals surface area contributed by atoms with Gasteiger partial charge in [0.1, 0.15) is 17.2 Å². The molecule has 0 amide bonds. The van der Waals surface area contributed by atoms with Crippen molar-refractivity contribution in [3.8, 4) is 39.5 Å². The molecule has 0 unspecified atom stereocenters. The molecule has 305 valence electrons. The number of imidazole rings is 1. The Bertz CT molecular complexity index is 3060. The molecule has 0 aliphatic heterocycles. The van der Waals surface area contributed by atoms with Gasteiger partial charge in [0, 0.05) is 37.2 Å². The van der Waals surface area contributed by atoms with Crippen LogP contribution in [0, 0.1) is 50.5 Å². The van der Waals surface area contributed by atoms with Gasteiger partial charge in [0.05, 0.1) is 22.4 Å². The number of hydrogen-bond acceptors (Lipinski definition) is 3. The summed E-state index contributed by atoms with van der Waals surface area (Å²) in [6.45, 7) is 10.2. The summed E-state index contributed by atoms with van der Waals surface area (Å²) in [5.41, 5.74) is 12.0. The summed E-state index contributed by atoms with van der Waals surface area (Å²) >= 11 is -2.20. The number of pyridine rings is 1. The summed E-state index contributed by atoms with van der Waals surface area (Å²) in [5.74, 6) is 6.24. The average Bonchev–Trinajstić information content (AvgIpc) is 3.79. The van der Waals surface area contributed by atoms with Crippen LogP contribution in [0.15, 0.2) is 126 Å². The molecule has 4 nitrogen and oxygen atoms in total. The molecule has 0 saturated heterocycles. The molecule has 0 bridgehead atoms. The van der Waals surface area contributed by atoms with Crippen molar-refractivity contribution in [1.82, 2.24) is 14.5 Å². The smallest absolute Gasteiger partial charge is 0 e. The van der Waals surface area contributed by atoms with Crippen LogP contribution >= 0.6 is 0 Å². The van der Waals surface area contributed by atoms with Gasteiger partial charge < -0.3 is 8.98 Å². The van der Waals surface area contributed by atoms with Gasteiger partial charge in [-0.05, 0) is 73.4 Å². The van der Waals surface area contributed by atoms with E-state index in [-0.39, 0.29) is 26.0 Å². The van der Waals surface area contributed by atoms with E-state index < -0.39 is 31.3 Å². The molecule has 0 aliphatic carbocycles. The van der Waals surface area contributed by atoms with E-state index in [9.17, 15) is 8.78 Å². The van der Waals surface area contributed by atoms with E-state index in [1.165, 1.54) is 17.7 Å². The summed E-state index contributed by atoms with van der Waals surface area (Å²) in [4.78, 5) is 9.66. The zero-order valence-electron chi connectivity index (χ0n) is 37.0. The van der Waals surface area contributed by atoms with Gasteiger partial charge in [-0.1, -0.05) is 52.9 Å². The first kappa shape index (κ1) is 40.2. The van der Waals surface area contributed by atoms with Crippen molar-refractivity contribution in [3.63, 3.8) is 0 Å². The molecule has 0 fully saturated rings. The number of nitrogens with zero attached hydrogens (tertiary/aromatic N) is 3. The first-order chi connectivity index (χ1) is 29.0. The molecule has 9 rings (SSSR count). The van der Waals surface area contributed by atoms with Crippen molar-refractivity contribution in [2.45, 2.75) is 58.3 Å². The Morgan fingerprint density at radius 3 is 2.22 bits per heavy atom. The zero-order valence-corrected chi connectivity index (χ0v) is 39.5. The molecular formula is C52H47F2GeIrN3O-2. The summed E-state index contributed by atoms with van der Waals surface area (Å²) in [7, 11) is 0. The molecular weight excluding hydrogens is 985 g/mol. The zero-order chi connectivity index (χ0) is 43.4. The minimum atomic E-state index is -2.20. The Balaban J connectivity index is 0.000000215. The van der Waals surface area contributed by atoms with E-state index in [0.29, 0.717) is 28.1 Å². The Hall–Kier alpha value is -5.21. The number of aryl methyl sites for hydroxylation is 3. The molecule has 3 aromatic heterocycles. The molecule has 0 spiro atoms. The molecule has 3 heterocycles. The van der Waals surface area contributed by atoms with Crippen LogP contribution in [0.2, 0.25) is 17.3 Å². The summed E-state index contributed by atoms with van der Waals surface area (Å²) < 4.78 is 55.2. The van der Waals surface area contributed by atoms with Crippen molar-refractivity contribution in [3.05, 3.63) is 167 Å². The number of halogens is 2. The van der Waals surface area contributed by atoms with Gasteiger partial charge in [0.2, 0.25) is 0 Å². The summed E-state index contributed by atoms with van der Waals surface area (Å²) in [6.07, 6.45) is 0.562. The Labute approximate surface area is 370 Å². The quantitative estimate of drug-likeness (QED) is 0.118. The van der Waals surface area contributed by atoms with E-state index in [1.54, 1.807) is 0 Å². The largest absolute Gasteiger partial charge is 0 e. The maximum Gasteiger partial charge on any atom is 0 e. The first-order valence-electron chi connectivity index (χ1n) is 20.9. The number of hydrogen-bond donors (Lipinski definition) is 0. The standard InChI is InChI=1S/C34H23F2N2O.C18H24GeN.Ir/c1-19-14-20(2)32(21(3)15-19)38-29-12-5-4-11-28(29)37-34(38)27-10-6-9-26-31-25(8-7-13-30(31)39-33(26)27)22-16-23(35)18-24(36)17-22;1-14(2)11-16-12-18(15-9-7-6-8-10-15)20-13-17(16)19(3,4)5;/h4-9,11-18H,1-3H3;6-9,12-14H,11H2,1-5H3;/q2*-1;/i;11D2;. The van der Waals surface area contributed by atoms with Crippen molar-refractivity contribution < 1.29 is 36.0 Å². The number of para-hydroxylation sites is 2. The van der Waals surface area contributed by atoms with E-state index in [2.05, 4.69) is 77.9 Å². The molecule has 0 N–H and O–H groups in total. The predicted molar refractivity (Wildman–Crippen MR) is 242 cm³/mol. The average molecular weight is 1030 g/mol. The van der Waals surface area contributed by atoms with Gasteiger partial charge in [-0.25, -0.2) is 8.78 Å².